The molecule has 0 aliphatic heterocycles. The SMILES string of the molecule is CCC(C)C(NC(=O)C(N)CCCN=C(N)N)C(=O)NC(C(=O)NC(CC(=O)O)C(=O)O)C(C)C. The zero-order chi connectivity index (χ0) is 27.3. The second-order valence-electron chi connectivity index (χ2n) is 8.65. The monoisotopic (exact) mass is 501 g/mol. The molecular weight excluding hydrogens is 462 g/mol. The maximum atomic E-state index is 13.1. The van der Waals surface area contributed by atoms with Crippen molar-refractivity contribution in [1.29, 1.82) is 0 Å². The Balaban J connectivity index is 5.38. The van der Waals surface area contributed by atoms with Gasteiger partial charge in [-0.3, -0.25) is 24.2 Å². The molecule has 0 bridgehead atoms. The summed E-state index contributed by atoms with van der Waals surface area (Å²) in [5.41, 5.74) is 16.4. The zero-order valence-corrected chi connectivity index (χ0v) is 20.6. The number of nitrogens with one attached hydrogen (secondary N) is 3. The fourth-order valence-corrected chi connectivity index (χ4v) is 3.03. The Morgan fingerprint density at radius 1 is 0.886 bits per heavy atom. The van der Waals surface area contributed by atoms with Gasteiger partial charge >= 0.3 is 11.9 Å². The first kappa shape index (κ1) is 31.6. The summed E-state index contributed by atoms with van der Waals surface area (Å²) in [6, 6.07) is -4.77. The van der Waals surface area contributed by atoms with Gasteiger partial charge < -0.3 is 43.4 Å². The average Bonchev–Trinajstić information content (AvgIpc) is 2.76. The number of rotatable bonds is 16. The number of amides is 3. The second kappa shape index (κ2) is 15.5. The first-order valence-electron chi connectivity index (χ1n) is 11.4. The molecule has 0 rings (SSSR count). The summed E-state index contributed by atoms with van der Waals surface area (Å²) in [6.45, 7) is 7.11. The highest BCUT2D eigenvalue weighted by Crippen LogP contribution is 2.11. The molecule has 14 nitrogen and oxygen atoms in total. The standard InChI is InChI=1S/C21H39N7O7/c1-5-11(4)16(28-17(31)12(22)7-6-8-25-21(23)24)19(33)27-15(10(2)3)18(32)26-13(20(34)35)9-14(29)30/h10-13,15-16H,5-9,22H2,1-4H3,(H,26,32)(H,27,33)(H,28,31)(H,29,30)(H,34,35)(H4,23,24,25). The highest BCUT2D eigenvalue weighted by Gasteiger charge is 2.34. The Bertz CT molecular complexity index is 784. The van der Waals surface area contributed by atoms with Crippen LogP contribution in [-0.4, -0.2) is 76.5 Å². The number of carboxylic acid groups (broad SMARTS) is 2. The van der Waals surface area contributed by atoms with Crippen molar-refractivity contribution >= 4 is 35.6 Å². The maximum Gasteiger partial charge on any atom is 0.326 e. The smallest absolute Gasteiger partial charge is 0.326 e. The summed E-state index contributed by atoms with van der Waals surface area (Å²) in [5.74, 6) is -5.85. The van der Waals surface area contributed by atoms with Crippen molar-refractivity contribution in [3.8, 4) is 0 Å². The summed E-state index contributed by atoms with van der Waals surface area (Å²) in [5, 5.41) is 25.4. The molecule has 0 aromatic heterocycles. The normalized spacial score (nSPS) is 15.1. The Kier molecular flexibility index (Phi) is 14.0. The lowest BCUT2D eigenvalue weighted by Gasteiger charge is -2.29. The number of guanidine groups is 1. The van der Waals surface area contributed by atoms with E-state index < -0.39 is 66.2 Å². The van der Waals surface area contributed by atoms with Crippen LogP contribution in [0.25, 0.3) is 0 Å². The van der Waals surface area contributed by atoms with Gasteiger partial charge in [-0.15, -0.1) is 0 Å². The van der Waals surface area contributed by atoms with Crippen LogP contribution < -0.4 is 33.2 Å². The lowest BCUT2D eigenvalue weighted by atomic mass is 9.96. The fourth-order valence-electron chi connectivity index (χ4n) is 3.03. The van der Waals surface area contributed by atoms with Gasteiger partial charge in [0.15, 0.2) is 5.96 Å². The number of aliphatic carboxylic acids is 2. The van der Waals surface area contributed by atoms with E-state index >= 15 is 0 Å². The van der Waals surface area contributed by atoms with Crippen LogP contribution in [0.3, 0.4) is 0 Å². The van der Waals surface area contributed by atoms with Crippen molar-refractivity contribution in [2.45, 2.75) is 77.5 Å². The highest BCUT2D eigenvalue weighted by molar-refractivity contribution is 5.94. The van der Waals surface area contributed by atoms with Crippen LogP contribution in [0.5, 0.6) is 0 Å². The average molecular weight is 502 g/mol. The summed E-state index contributed by atoms with van der Waals surface area (Å²) < 4.78 is 0. The van der Waals surface area contributed by atoms with Gasteiger partial charge in [0.05, 0.1) is 12.5 Å². The number of carbonyl (C=O) groups excluding carboxylic acids is 3. The molecule has 5 unspecified atom stereocenters. The molecule has 0 saturated heterocycles. The van der Waals surface area contributed by atoms with Crippen molar-refractivity contribution in [2.75, 3.05) is 6.54 Å². The molecule has 0 spiro atoms. The van der Waals surface area contributed by atoms with Crippen molar-refractivity contribution in [1.82, 2.24) is 16.0 Å². The molecule has 0 aromatic carbocycles. The molecule has 35 heavy (non-hydrogen) atoms. The number of nitrogens with zero attached hydrogens (tertiary/aromatic N) is 1. The molecule has 0 saturated carbocycles. The van der Waals surface area contributed by atoms with Gasteiger partial charge in [0.2, 0.25) is 17.7 Å². The topological polar surface area (TPSA) is 252 Å². The fraction of sp³-hybridized carbons (Fsp3) is 0.714. The first-order chi connectivity index (χ1) is 16.2. The largest absolute Gasteiger partial charge is 0.481 e. The van der Waals surface area contributed by atoms with Crippen LogP contribution in [0.15, 0.2) is 4.99 Å². The van der Waals surface area contributed by atoms with Crippen LogP contribution in [0.1, 0.15) is 53.4 Å². The molecule has 0 aliphatic rings. The molecule has 0 aliphatic carbocycles. The third-order valence-corrected chi connectivity index (χ3v) is 5.34. The molecule has 14 heteroatoms. The number of nitrogens with two attached hydrogens (primary N) is 3. The number of carbonyl (C=O) groups is 5. The molecule has 3 amide bonds. The third-order valence-electron chi connectivity index (χ3n) is 5.34. The predicted molar refractivity (Wildman–Crippen MR) is 128 cm³/mol. The van der Waals surface area contributed by atoms with E-state index in [4.69, 9.17) is 22.3 Å². The summed E-state index contributed by atoms with van der Waals surface area (Å²) in [4.78, 5) is 64.3. The van der Waals surface area contributed by atoms with E-state index in [1.807, 2.05) is 6.92 Å². The van der Waals surface area contributed by atoms with Crippen molar-refractivity contribution in [3.05, 3.63) is 0 Å². The number of aliphatic imine (C=N–C) groups is 1. The zero-order valence-electron chi connectivity index (χ0n) is 20.6. The Hall–Kier alpha value is -3.42. The van der Waals surface area contributed by atoms with Gasteiger partial charge in [-0.1, -0.05) is 34.1 Å². The van der Waals surface area contributed by atoms with Gasteiger partial charge in [-0.25, -0.2) is 4.79 Å². The lowest BCUT2D eigenvalue weighted by Crippen LogP contribution is -2.59. The minimum absolute atomic E-state index is 0.0714. The van der Waals surface area contributed by atoms with Gasteiger partial charge in [0.1, 0.15) is 18.1 Å². The van der Waals surface area contributed by atoms with E-state index in [0.29, 0.717) is 19.4 Å². The number of carboxylic acids is 2. The molecular formula is C21H39N7O7. The van der Waals surface area contributed by atoms with E-state index in [2.05, 4.69) is 20.9 Å². The molecule has 0 aromatic rings. The van der Waals surface area contributed by atoms with Crippen LogP contribution >= 0.6 is 0 Å². The molecule has 0 radical (unpaired) electrons. The summed E-state index contributed by atoms with van der Waals surface area (Å²) in [7, 11) is 0. The molecule has 0 fully saturated rings. The molecule has 5 atom stereocenters. The second-order valence-corrected chi connectivity index (χ2v) is 8.65. The van der Waals surface area contributed by atoms with E-state index in [9.17, 15) is 29.1 Å². The van der Waals surface area contributed by atoms with E-state index in [0.717, 1.165) is 0 Å². The van der Waals surface area contributed by atoms with Crippen molar-refractivity contribution < 1.29 is 34.2 Å². The molecule has 11 N–H and O–H groups in total. The third kappa shape index (κ3) is 12.0. The van der Waals surface area contributed by atoms with Gasteiger partial charge in [0.25, 0.3) is 0 Å². The van der Waals surface area contributed by atoms with Gasteiger partial charge in [-0.05, 0) is 24.7 Å². The molecule has 0 heterocycles. The molecule has 200 valence electrons. The van der Waals surface area contributed by atoms with E-state index in [1.54, 1.807) is 20.8 Å². The quantitative estimate of drug-likeness (QED) is 0.0661. The first-order valence-corrected chi connectivity index (χ1v) is 11.4. The van der Waals surface area contributed by atoms with Gasteiger partial charge in [-0.2, -0.15) is 0 Å². The van der Waals surface area contributed by atoms with E-state index in [-0.39, 0.29) is 18.3 Å². The van der Waals surface area contributed by atoms with Crippen LogP contribution in [0.4, 0.5) is 0 Å². The summed E-state index contributed by atoms with van der Waals surface area (Å²) >= 11 is 0. The van der Waals surface area contributed by atoms with Crippen molar-refractivity contribution in [2.24, 2.45) is 34.0 Å². The minimum Gasteiger partial charge on any atom is -0.481 e. The predicted octanol–water partition coefficient (Wildman–Crippen LogP) is -1.92. The summed E-state index contributed by atoms with van der Waals surface area (Å²) in [6.07, 6.45) is 0.417. The number of hydrogen-bond donors (Lipinski definition) is 8. The van der Waals surface area contributed by atoms with Gasteiger partial charge in [0, 0.05) is 6.54 Å². The lowest BCUT2D eigenvalue weighted by molar-refractivity contribution is -0.147. The maximum absolute atomic E-state index is 13.1. The van der Waals surface area contributed by atoms with Crippen molar-refractivity contribution in [3.63, 3.8) is 0 Å². The van der Waals surface area contributed by atoms with E-state index in [1.165, 1.54) is 0 Å². The van der Waals surface area contributed by atoms with Crippen LogP contribution in [-0.2, 0) is 24.0 Å². The number of hydrogen-bond acceptors (Lipinski definition) is 7. The Morgan fingerprint density at radius 3 is 1.89 bits per heavy atom. The van der Waals surface area contributed by atoms with Crippen LogP contribution in [0.2, 0.25) is 0 Å². The highest BCUT2D eigenvalue weighted by atomic mass is 16.4. The Morgan fingerprint density at radius 2 is 1.43 bits per heavy atom. The minimum atomic E-state index is -1.67. The van der Waals surface area contributed by atoms with Crippen LogP contribution in [0, 0.1) is 11.8 Å². The Labute approximate surface area is 204 Å².